The van der Waals surface area contributed by atoms with Gasteiger partial charge in [0.15, 0.2) is 0 Å². The van der Waals surface area contributed by atoms with Gasteiger partial charge in [-0.05, 0) is 49.4 Å². The summed E-state index contributed by atoms with van der Waals surface area (Å²) in [5, 5.41) is 0. The van der Waals surface area contributed by atoms with Gasteiger partial charge in [0.25, 0.3) is 0 Å². The van der Waals surface area contributed by atoms with Gasteiger partial charge < -0.3 is 5.73 Å². The van der Waals surface area contributed by atoms with E-state index in [0.29, 0.717) is 0 Å². The van der Waals surface area contributed by atoms with Crippen molar-refractivity contribution in [3.05, 3.63) is 0 Å². The molecule has 2 rings (SSSR count). The van der Waals surface area contributed by atoms with E-state index in [1.165, 1.54) is 44.9 Å². The Bertz CT molecular complexity index is 238. The standard InChI is InChI=1S/C15H29N/c1-11-5-4-6-14(9-11)15(16)10-12(2)7-8-13(15)3/h11-14H,4-10,16H2,1-3H3. The molecule has 94 valence electrons. The predicted molar refractivity (Wildman–Crippen MR) is 70.2 cm³/mol. The summed E-state index contributed by atoms with van der Waals surface area (Å²) >= 11 is 0. The van der Waals surface area contributed by atoms with Crippen molar-refractivity contribution in [1.29, 1.82) is 0 Å². The van der Waals surface area contributed by atoms with Gasteiger partial charge in [0.1, 0.15) is 0 Å². The van der Waals surface area contributed by atoms with Crippen LogP contribution in [0, 0.1) is 23.7 Å². The summed E-state index contributed by atoms with van der Waals surface area (Å²) in [5.74, 6) is 3.29. The Labute approximate surface area is 101 Å². The molecule has 5 atom stereocenters. The quantitative estimate of drug-likeness (QED) is 0.715. The molecule has 2 aliphatic rings. The molecule has 16 heavy (non-hydrogen) atoms. The molecule has 0 aromatic heterocycles. The molecule has 5 unspecified atom stereocenters. The van der Waals surface area contributed by atoms with Crippen molar-refractivity contribution in [1.82, 2.24) is 0 Å². The smallest absolute Gasteiger partial charge is 0.0211 e. The van der Waals surface area contributed by atoms with E-state index in [1.807, 2.05) is 0 Å². The first-order chi connectivity index (χ1) is 7.52. The average molecular weight is 223 g/mol. The molecule has 0 aliphatic heterocycles. The van der Waals surface area contributed by atoms with Crippen LogP contribution >= 0.6 is 0 Å². The third-order valence-corrected chi connectivity index (χ3v) is 5.41. The highest BCUT2D eigenvalue weighted by Crippen LogP contribution is 2.45. The lowest BCUT2D eigenvalue weighted by molar-refractivity contribution is 0.0628. The van der Waals surface area contributed by atoms with Crippen LogP contribution < -0.4 is 5.73 Å². The van der Waals surface area contributed by atoms with E-state index in [2.05, 4.69) is 20.8 Å². The molecule has 0 aromatic carbocycles. The molecule has 2 saturated carbocycles. The zero-order valence-corrected chi connectivity index (χ0v) is 11.3. The zero-order chi connectivity index (χ0) is 11.8. The minimum absolute atomic E-state index is 0.159. The van der Waals surface area contributed by atoms with Gasteiger partial charge in [-0.3, -0.25) is 0 Å². The largest absolute Gasteiger partial charge is 0.325 e. The lowest BCUT2D eigenvalue weighted by atomic mass is 9.60. The SMILES string of the molecule is CC1CCCC(C2(N)CC(C)CCC2C)C1. The maximum Gasteiger partial charge on any atom is 0.0211 e. The van der Waals surface area contributed by atoms with Crippen molar-refractivity contribution in [3.8, 4) is 0 Å². The number of hydrogen-bond donors (Lipinski definition) is 1. The molecule has 0 amide bonds. The fraction of sp³-hybridized carbons (Fsp3) is 1.00. The van der Waals surface area contributed by atoms with Crippen LogP contribution in [0.25, 0.3) is 0 Å². The van der Waals surface area contributed by atoms with Gasteiger partial charge in [0.2, 0.25) is 0 Å². The van der Waals surface area contributed by atoms with Crippen LogP contribution in [-0.4, -0.2) is 5.54 Å². The molecular formula is C15H29N. The second-order valence-corrected chi connectivity index (χ2v) is 6.87. The summed E-state index contributed by atoms with van der Waals surface area (Å²) in [6, 6.07) is 0. The Morgan fingerprint density at radius 3 is 2.38 bits per heavy atom. The Morgan fingerprint density at radius 2 is 1.69 bits per heavy atom. The third-order valence-electron chi connectivity index (χ3n) is 5.41. The van der Waals surface area contributed by atoms with Gasteiger partial charge in [-0.2, -0.15) is 0 Å². The molecular weight excluding hydrogens is 194 g/mol. The minimum atomic E-state index is 0.159. The van der Waals surface area contributed by atoms with Crippen LogP contribution in [0.1, 0.15) is 65.7 Å². The monoisotopic (exact) mass is 223 g/mol. The topological polar surface area (TPSA) is 26.0 Å². The molecule has 2 fully saturated rings. The summed E-state index contributed by atoms with van der Waals surface area (Å²) in [6.07, 6.45) is 9.62. The fourth-order valence-electron chi connectivity index (χ4n) is 4.20. The molecule has 2 N–H and O–H groups in total. The molecule has 0 saturated heterocycles. The fourth-order valence-corrected chi connectivity index (χ4v) is 4.20. The summed E-state index contributed by atoms with van der Waals surface area (Å²) in [4.78, 5) is 0. The highest BCUT2D eigenvalue weighted by atomic mass is 14.8. The van der Waals surface area contributed by atoms with Gasteiger partial charge in [-0.15, -0.1) is 0 Å². The Kier molecular flexibility index (Phi) is 3.63. The predicted octanol–water partition coefficient (Wildman–Crippen LogP) is 3.97. The van der Waals surface area contributed by atoms with Crippen molar-refractivity contribution in [2.24, 2.45) is 29.4 Å². The molecule has 0 aromatic rings. The average Bonchev–Trinajstić information content (AvgIpc) is 2.24. The van der Waals surface area contributed by atoms with Gasteiger partial charge in [0.05, 0.1) is 0 Å². The van der Waals surface area contributed by atoms with Crippen LogP contribution in [0.3, 0.4) is 0 Å². The summed E-state index contributed by atoms with van der Waals surface area (Å²) < 4.78 is 0. The maximum absolute atomic E-state index is 6.83. The Morgan fingerprint density at radius 1 is 0.938 bits per heavy atom. The first kappa shape index (κ1) is 12.4. The first-order valence-electron chi connectivity index (χ1n) is 7.31. The summed E-state index contributed by atoms with van der Waals surface area (Å²) in [5.41, 5.74) is 6.99. The first-order valence-corrected chi connectivity index (χ1v) is 7.31. The van der Waals surface area contributed by atoms with Crippen molar-refractivity contribution in [2.75, 3.05) is 0 Å². The molecule has 2 aliphatic carbocycles. The maximum atomic E-state index is 6.83. The van der Waals surface area contributed by atoms with E-state index in [4.69, 9.17) is 5.73 Å². The highest BCUT2D eigenvalue weighted by molar-refractivity contribution is 5.00. The number of hydrogen-bond acceptors (Lipinski definition) is 1. The lowest BCUT2D eigenvalue weighted by Gasteiger charge is -2.49. The second-order valence-electron chi connectivity index (χ2n) is 6.87. The van der Waals surface area contributed by atoms with Crippen LogP contribution in [0.5, 0.6) is 0 Å². The van der Waals surface area contributed by atoms with Gasteiger partial charge in [-0.1, -0.05) is 40.0 Å². The number of nitrogens with two attached hydrogens (primary N) is 1. The molecule has 1 heteroatoms. The number of rotatable bonds is 1. The van der Waals surface area contributed by atoms with E-state index in [-0.39, 0.29) is 5.54 Å². The second kappa shape index (κ2) is 4.68. The van der Waals surface area contributed by atoms with Crippen LogP contribution in [0.4, 0.5) is 0 Å². The summed E-state index contributed by atoms with van der Waals surface area (Å²) in [6.45, 7) is 7.19. The van der Waals surface area contributed by atoms with Crippen LogP contribution in [-0.2, 0) is 0 Å². The minimum Gasteiger partial charge on any atom is -0.325 e. The normalized spacial score (nSPS) is 50.2. The van der Waals surface area contributed by atoms with Gasteiger partial charge in [-0.25, -0.2) is 0 Å². The van der Waals surface area contributed by atoms with Crippen LogP contribution in [0.2, 0.25) is 0 Å². The molecule has 0 heterocycles. The van der Waals surface area contributed by atoms with E-state index >= 15 is 0 Å². The van der Waals surface area contributed by atoms with Gasteiger partial charge in [0, 0.05) is 5.54 Å². The van der Waals surface area contributed by atoms with E-state index in [0.717, 1.165) is 23.7 Å². The lowest BCUT2D eigenvalue weighted by Crippen LogP contribution is -2.56. The van der Waals surface area contributed by atoms with Crippen molar-refractivity contribution in [3.63, 3.8) is 0 Å². The highest BCUT2D eigenvalue weighted by Gasteiger charge is 2.44. The molecule has 0 radical (unpaired) electrons. The Hall–Kier alpha value is -0.0400. The third kappa shape index (κ3) is 2.30. The zero-order valence-electron chi connectivity index (χ0n) is 11.3. The van der Waals surface area contributed by atoms with E-state index in [1.54, 1.807) is 0 Å². The van der Waals surface area contributed by atoms with Crippen LogP contribution in [0.15, 0.2) is 0 Å². The van der Waals surface area contributed by atoms with Crippen molar-refractivity contribution >= 4 is 0 Å². The van der Waals surface area contributed by atoms with Crippen molar-refractivity contribution < 1.29 is 0 Å². The van der Waals surface area contributed by atoms with Gasteiger partial charge >= 0.3 is 0 Å². The Balaban J connectivity index is 2.09. The molecule has 1 nitrogen and oxygen atoms in total. The molecule has 0 bridgehead atoms. The summed E-state index contributed by atoms with van der Waals surface area (Å²) in [7, 11) is 0. The van der Waals surface area contributed by atoms with E-state index < -0.39 is 0 Å². The molecule has 0 spiro atoms. The van der Waals surface area contributed by atoms with E-state index in [9.17, 15) is 0 Å². The van der Waals surface area contributed by atoms with Crippen molar-refractivity contribution in [2.45, 2.75) is 71.3 Å².